The summed E-state index contributed by atoms with van der Waals surface area (Å²) in [5, 5.41) is 2.96. The number of halogens is 2. The molecule has 1 fully saturated rings. The van der Waals surface area contributed by atoms with Crippen LogP contribution >= 0.6 is 43.2 Å². The molecule has 0 aromatic carbocycles. The van der Waals surface area contributed by atoms with Gasteiger partial charge in [0.1, 0.15) is 0 Å². The van der Waals surface area contributed by atoms with Gasteiger partial charge in [0.25, 0.3) is 5.91 Å². The lowest BCUT2D eigenvalue weighted by Gasteiger charge is -2.24. The molecule has 2 heterocycles. The van der Waals surface area contributed by atoms with Crippen LogP contribution in [0.1, 0.15) is 36.0 Å². The van der Waals surface area contributed by atoms with Gasteiger partial charge in [-0.25, -0.2) is 0 Å². The number of alkyl halides is 1. The minimum absolute atomic E-state index is 0.198. The topological polar surface area (TPSA) is 20.3 Å². The molecule has 17 heavy (non-hydrogen) atoms. The zero-order valence-electron chi connectivity index (χ0n) is 9.49. The molecule has 0 saturated carbocycles. The normalized spacial score (nSPS) is 19.9. The Bertz CT molecular complexity index is 394. The van der Waals surface area contributed by atoms with Crippen LogP contribution in [0, 0.1) is 0 Å². The molecule has 1 atom stereocenters. The minimum atomic E-state index is 0.198. The lowest BCUT2D eigenvalue weighted by atomic mass is 10.1. The Morgan fingerprint density at radius 2 is 2.41 bits per heavy atom. The highest BCUT2D eigenvalue weighted by Gasteiger charge is 2.29. The van der Waals surface area contributed by atoms with Crippen molar-refractivity contribution in [3.05, 3.63) is 20.8 Å². The van der Waals surface area contributed by atoms with E-state index in [0.29, 0.717) is 6.04 Å². The molecule has 1 saturated heterocycles. The van der Waals surface area contributed by atoms with E-state index in [-0.39, 0.29) is 5.91 Å². The molecule has 1 aromatic rings. The lowest BCUT2D eigenvalue weighted by molar-refractivity contribution is 0.0731. The molecular formula is C12H15Br2NOS. The predicted molar refractivity (Wildman–Crippen MR) is 79.1 cm³/mol. The zero-order chi connectivity index (χ0) is 12.3. The number of carbonyl (C=O) groups is 1. The molecule has 0 aliphatic carbocycles. The second-order valence-electron chi connectivity index (χ2n) is 4.27. The molecule has 2 rings (SSSR count). The summed E-state index contributed by atoms with van der Waals surface area (Å²) in [4.78, 5) is 14.4. The van der Waals surface area contributed by atoms with Gasteiger partial charge in [-0.3, -0.25) is 4.79 Å². The van der Waals surface area contributed by atoms with Gasteiger partial charge in [0.05, 0.1) is 9.35 Å². The van der Waals surface area contributed by atoms with E-state index in [1.807, 2.05) is 11.4 Å². The van der Waals surface area contributed by atoms with Crippen LogP contribution in [-0.2, 0) is 0 Å². The molecule has 0 radical (unpaired) electrons. The number of hydrogen-bond acceptors (Lipinski definition) is 2. The van der Waals surface area contributed by atoms with Crippen LogP contribution in [0.4, 0.5) is 0 Å². The summed E-state index contributed by atoms with van der Waals surface area (Å²) in [5.74, 6) is 0.198. The number of rotatable bonds is 4. The molecule has 0 bridgehead atoms. The Kier molecular flexibility index (Phi) is 5.06. The molecular weight excluding hydrogens is 366 g/mol. The van der Waals surface area contributed by atoms with Crippen molar-refractivity contribution in [2.45, 2.75) is 31.7 Å². The van der Waals surface area contributed by atoms with Crippen molar-refractivity contribution in [2.75, 3.05) is 11.9 Å². The number of nitrogens with zero attached hydrogens (tertiary/aromatic N) is 1. The van der Waals surface area contributed by atoms with E-state index >= 15 is 0 Å². The minimum Gasteiger partial charge on any atom is -0.336 e. The van der Waals surface area contributed by atoms with E-state index in [1.165, 1.54) is 0 Å². The smallest absolute Gasteiger partial charge is 0.254 e. The fourth-order valence-electron chi connectivity index (χ4n) is 2.30. The second-order valence-corrected chi connectivity index (χ2v) is 7.35. The first-order valence-corrected chi connectivity index (χ1v) is 8.62. The summed E-state index contributed by atoms with van der Waals surface area (Å²) in [6.45, 7) is 0.916. The number of likely N-dealkylation sites (tertiary alicyclic amines) is 1. The number of carbonyl (C=O) groups excluding carboxylic acids is 1. The Morgan fingerprint density at radius 3 is 3.06 bits per heavy atom. The highest BCUT2D eigenvalue weighted by Crippen LogP contribution is 2.27. The van der Waals surface area contributed by atoms with Crippen molar-refractivity contribution < 1.29 is 4.79 Å². The number of amides is 1. The first-order valence-electron chi connectivity index (χ1n) is 5.83. The van der Waals surface area contributed by atoms with Gasteiger partial charge in [-0.05, 0) is 47.7 Å². The third-order valence-electron chi connectivity index (χ3n) is 3.12. The van der Waals surface area contributed by atoms with Gasteiger partial charge in [0.15, 0.2) is 0 Å². The number of thiophene rings is 1. The molecule has 1 aliphatic rings. The maximum Gasteiger partial charge on any atom is 0.254 e. The summed E-state index contributed by atoms with van der Waals surface area (Å²) in [6, 6.07) is 2.37. The van der Waals surface area contributed by atoms with E-state index in [1.54, 1.807) is 11.3 Å². The molecule has 2 nitrogen and oxygen atoms in total. The predicted octanol–water partition coefficient (Wildman–Crippen LogP) is 4.29. The SMILES string of the molecule is O=C(c1csc(Br)c1)N1CCCC1CCCBr. The van der Waals surface area contributed by atoms with E-state index in [0.717, 1.165) is 46.9 Å². The van der Waals surface area contributed by atoms with Crippen molar-refractivity contribution in [2.24, 2.45) is 0 Å². The van der Waals surface area contributed by atoms with Crippen LogP contribution in [0.15, 0.2) is 15.2 Å². The third kappa shape index (κ3) is 3.32. The monoisotopic (exact) mass is 379 g/mol. The highest BCUT2D eigenvalue weighted by molar-refractivity contribution is 9.11. The van der Waals surface area contributed by atoms with Gasteiger partial charge >= 0.3 is 0 Å². The van der Waals surface area contributed by atoms with Gasteiger partial charge in [0, 0.05) is 23.3 Å². The molecule has 5 heteroatoms. The van der Waals surface area contributed by atoms with Gasteiger partial charge in [0.2, 0.25) is 0 Å². The average Bonchev–Trinajstić information content (AvgIpc) is 2.94. The largest absolute Gasteiger partial charge is 0.336 e. The Labute approximate surface area is 123 Å². The maximum absolute atomic E-state index is 12.3. The third-order valence-corrected chi connectivity index (χ3v) is 5.19. The van der Waals surface area contributed by atoms with Crippen molar-refractivity contribution >= 4 is 49.1 Å². The molecule has 94 valence electrons. The summed E-state index contributed by atoms with van der Waals surface area (Å²) >= 11 is 8.43. The van der Waals surface area contributed by atoms with E-state index in [4.69, 9.17) is 0 Å². The van der Waals surface area contributed by atoms with Crippen molar-refractivity contribution in [1.29, 1.82) is 0 Å². The summed E-state index contributed by atoms with van der Waals surface area (Å²) in [6.07, 6.45) is 4.55. The average molecular weight is 381 g/mol. The van der Waals surface area contributed by atoms with Crippen LogP contribution in [0.3, 0.4) is 0 Å². The molecule has 1 amide bonds. The van der Waals surface area contributed by atoms with Crippen LogP contribution in [0.2, 0.25) is 0 Å². The Balaban J connectivity index is 2.03. The van der Waals surface area contributed by atoms with Crippen LogP contribution in [0.5, 0.6) is 0 Å². The van der Waals surface area contributed by atoms with Gasteiger partial charge in [-0.2, -0.15) is 0 Å². The zero-order valence-corrected chi connectivity index (χ0v) is 13.5. The second kappa shape index (κ2) is 6.34. The molecule has 1 aromatic heterocycles. The lowest BCUT2D eigenvalue weighted by Crippen LogP contribution is -2.35. The summed E-state index contributed by atoms with van der Waals surface area (Å²) in [5.41, 5.74) is 0.826. The molecule has 1 unspecified atom stereocenters. The van der Waals surface area contributed by atoms with Gasteiger partial charge in [-0.15, -0.1) is 11.3 Å². The quantitative estimate of drug-likeness (QED) is 0.713. The first kappa shape index (κ1) is 13.6. The van der Waals surface area contributed by atoms with Crippen LogP contribution < -0.4 is 0 Å². The molecule has 0 spiro atoms. The van der Waals surface area contributed by atoms with E-state index in [9.17, 15) is 4.79 Å². The summed E-state index contributed by atoms with van der Waals surface area (Å²) in [7, 11) is 0. The molecule has 1 aliphatic heterocycles. The molecule has 0 N–H and O–H groups in total. The van der Waals surface area contributed by atoms with Gasteiger partial charge in [-0.1, -0.05) is 15.9 Å². The van der Waals surface area contributed by atoms with Crippen molar-refractivity contribution in [3.8, 4) is 0 Å². The van der Waals surface area contributed by atoms with E-state index in [2.05, 4.69) is 36.8 Å². The van der Waals surface area contributed by atoms with Crippen LogP contribution in [-0.4, -0.2) is 28.7 Å². The first-order chi connectivity index (χ1) is 8.22. The maximum atomic E-state index is 12.3. The Morgan fingerprint density at radius 1 is 1.59 bits per heavy atom. The summed E-state index contributed by atoms with van der Waals surface area (Å²) < 4.78 is 1.03. The fraction of sp³-hybridized carbons (Fsp3) is 0.583. The van der Waals surface area contributed by atoms with Gasteiger partial charge < -0.3 is 4.90 Å². The Hall–Kier alpha value is 0.130. The number of hydrogen-bond donors (Lipinski definition) is 0. The standard InChI is InChI=1S/C12H15Br2NOS/c13-5-1-3-10-4-2-6-15(10)12(16)9-7-11(14)17-8-9/h7-8,10H,1-6H2. The van der Waals surface area contributed by atoms with E-state index < -0.39 is 0 Å². The van der Waals surface area contributed by atoms with Crippen LogP contribution in [0.25, 0.3) is 0 Å². The van der Waals surface area contributed by atoms with Crippen molar-refractivity contribution in [3.63, 3.8) is 0 Å². The fourth-order valence-corrected chi connectivity index (χ4v) is 3.76. The van der Waals surface area contributed by atoms with Crippen molar-refractivity contribution in [1.82, 2.24) is 4.90 Å². The highest BCUT2D eigenvalue weighted by atomic mass is 79.9.